The molecule has 1 aliphatic rings. The molecule has 0 saturated heterocycles. The Bertz CT molecular complexity index is 411. The third kappa shape index (κ3) is 1.38. The van der Waals surface area contributed by atoms with Crippen LogP contribution in [0, 0.1) is 6.57 Å². The van der Waals surface area contributed by atoms with E-state index in [2.05, 4.69) is 4.85 Å². The van der Waals surface area contributed by atoms with Crippen molar-refractivity contribution in [3.05, 3.63) is 34.1 Å². The zero-order valence-electron chi connectivity index (χ0n) is 7.58. The van der Waals surface area contributed by atoms with Crippen LogP contribution in [-0.2, 0) is 0 Å². The van der Waals surface area contributed by atoms with Crippen molar-refractivity contribution in [1.29, 1.82) is 0 Å². The fourth-order valence-electron chi connectivity index (χ4n) is 1.30. The van der Waals surface area contributed by atoms with Crippen molar-refractivity contribution in [2.75, 3.05) is 6.79 Å². The summed E-state index contributed by atoms with van der Waals surface area (Å²) in [6, 6.07) is 3.34. The quantitative estimate of drug-likeness (QED) is 0.664. The van der Waals surface area contributed by atoms with E-state index in [4.69, 9.17) is 27.6 Å². The number of hydrogen-bond acceptors (Lipinski definition) is 2. The Kier molecular flexibility index (Phi) is 2.22. The minimum atomic E-state index is -0.206. The Morgan fingerprint density at radius 1 is 1.50 bits per heavy atom. The molecule has 0 N–H and O–H groups in total. The number of hydrogen-bond donors (Lipinski definition) is 0. The van der Waals surface area contributed by atoms with Crippen LogP contribution in [0.2, 0.25) is 5.02 Å². The molecule has 14 heavy (non-hydrogen) atoms. The zero-order valence-corrected chi connectivity index (χ0v) is 8.34. The second-order valence-corrected chi connectivity index (χ2v) is 3.45. The molecule has 0 spiro atoms. The molecule has 1 aromatic rings. The molecule has 1 atom stereocenters. The van der Waals surface area contributed by atoms with E-state index in [1.54, 1.807) is 12.1 Å². The van der Waals surface area contributed by atoms with Crippen LogP contribution < -0.4 is 9.47 Å². The summed E-state index contributed by atoms with van der Waals surface area (Å²) in [5.74, 6) is 1.20. The maximum atomic E-state index is 6.92. The van der Waals surface area contributed by atoms with Gasteiger partial charge in [0.05, 0.1) is 5.02 Å². The fourth-order valence-corrected chi connectivity index (χ4v) is 1.58. The lowest BCUT2D eigenvalue weighted by atomic mass is 10.1. The van der Waals surface area contributed by atoms with E-state index in [1.165, 1.54) is 0 Å². The van der Waals surface area contributed by atoms with Gasteiger partial charge in [0, 0.05) is 12.5 Å². The topological polar surface area (TPSA) is 22.8 Å². The van der Waals surface area contributed by atoms with E-state index in [1.807, 2.05) is 6.92 Å². The largest absolute Gasteiger partial charge is 0.454 e. The molecule has 1 aliphatic heterocycles. The molecule has 3 nitrogen and oxygen atoms in total. The number of fused-ring (bicyclic) bond motifs is 1. The molecule has 0 fully saturated rings. The minimum Gasteiger partial charge on any atom is -0.454 e. The normalized spacial score (nSPS) is 14.9. The van der Waals surface area contributed by atoms with Crippen LogP contribution in [0.25, 0.3) is 4.85 Å². The number of rotatable bonds is 1. The Morgan fingerprint density at radius 3 is 3.00 bits per heavy atom. The van der Waals surface area contributed by atoms with Gasteiger partial charge < -0.3 is 14.3 Å². The van der Waals surface area contributed by atoms with Gasteiger partial charge in [-0.2, -0.15) is 0 Å². The van der Waals surface area contributed by atoms with Gasteiger partial charge in [-0.1, -0.05) is 11.6 Å². The second-order valence-electron chi connectivity index (χ2n) is 3.04. The molecular formula is C10H8ClNO2. The van der Waals surface area contributed by atoms with Crippen LogP contribution in [0.4, 0.5) is 0 Å². The van der Waals surface area contributed by atoms with Crippen molar-refractivity contribution in [3.63, 3.8) is 0 Å². The maximum Gasteiger partial charge on any atom is 0.246 e. The standard InChI is InChI=1S/C10H8ClNO2/c1-6(12-2)7-3-8(11)10-9(4-7)13-5-14-10/h3-4,6H,5H2,1H3. The zero-order chi connectivity index (χ0) is 10.1. The summed E-state index contributed by atoms with van der Waals surface area (Å²) in [6.07, 6.45) is 0. The smallest absolute Gasteiger partial charge is 0.246 e. The molecule has 0 radical (unpaired) electrons. The third-order valence-corrected chi connectivity index (χ3v) is 2.41. The highest BCUT2D eigenvalue weighted by molar-refractivity contribution is 6.32. The molecule has 0 bridgehead atoms. The number of halogens is 1. The van der Waals surface area contributed by atoms with Crippen molar-refractivity contribution >= 4 is 11.6 Å². The summed E-state index contributed by atoms with van der Waals surface area (Å²) in [5, 5.41) is 0.505. The second kappa shape index (κ2) is 3.39. The van der Waals surface area contributed by atoms with Crippen molar-refractivity contribution < 1.29 is 9.47 Å². The van der Waals surface area contributed by atoms with Crippen LogP contribution in [0.3, 0.4) is 0 Å². The van der Waals surface area contributed by atoms with E-state index in [-0.39, 0.29) is 12.8 Å². The molecule has 1 heterocycles. The lowest BCUT2D eigenvalue weighted by Crippen LogP contribution is -1.93. The van der Waals surface area contributed by atoms with Crippen LogP contribution in [0.5, 0.6) is 11.5 Å². The van der Waals surface area contributed by atoms with Gasteiger partial charge in [-0.15, -0.1) is 0 Å². The van der Waals surface area contributed by atoms with Gasteiger partial charge in [0.2, 0.25) is 12.8 Å². The molecular weight excluding hydrogens is 202 g/mol. The highest BCUT2D eigenvalue weighted by atomic mass is 35.5. The summed E-state index contributed by atoms with van der Waals surface area (Å²) < 4.78 is 10.4. The van der Waals surface area contributed by atoms with Gasteiger partial charge in [0.15, 0.2) is 11.5 Å². The van der Waals surface area contributed by atoms with Crippen molar-refractivity contribution in [1.82, 2.24) is 0 Å². The molecule has 0 aliphatic carbocycles. The number of ether oxygens (including phenoxy) is 2. The summed E-state index contributed by atoms with van der Waals surface area (Å²) in [5.41, 5.74) is 0.856. The summed E-state index contributed by atoms with van der Waals surface area (Å²) in [7, 11) is 0. The first-order valence-electron chi connectivity index (χ1n) is 4.18. The highest BCUT2D eigenvalue weighted by Crippen LogP contribution is 2.41. The summed E-state index contributed by atoms with van der Waals surface area (Å²) >= 11 is 5.97. The number of nitrogens with zero attached hydrogens (tertiary/aromatic N) is 1. The van der Waals surface area contributed by atoms with E-state index in [9.17, 15) is 0 Å². The number of benzene rings is 1. The predicted molar refractivity (Wildman–Crippen MR) is 52.6 cm³/mol. The molecule has 1 unspecified atom stereocenters. The van der Waals surface area contributed by atoms with Gasteiger partial charge in [-0.3, -0.25) is 0 Å². The van der Waals surface area contributed by atoms with Crippen LogP contribution in [-0.4, -0.2) is 6.79 Å². The van der Waals surface area contributed by atoms with E-state index < -0.39 is 0 Å². The molecule has 0 aromatic heterocycles. The van der Waals surface area contributed by atoms with E-state index in [0.29, 0.717) is 16.5 Å². The average Bonchev–Trinajstić information content (AvgIpc) is 2.64. The molecule has 4 heteroatoms. The van der Waals surface area contributed by atoms with Gasteiger partial charge in [0.25, 0.3) is 0 Å². The van der Waals surface area contributed by atoms with Crippen molar-refractivity contribution in [2.45, 2.75) is 13.0 Å². The summed E-state index contributed by atoms with van der Waals surface area (Å²) in [6.45, 7) is 8.94. The van der Waals surface area contributed by atoms with Crippen LogP contribution in [0.15, 0.2) is 12.1 Å². The van der Waals surface area contributed by atoms with Crippen molar-refractivity contribution in [2.24, 2.45) is 0 Å². The lowest BCUT2D eigenvalue weighted by Gasteiger charge is -2.03. The van der Waals surface area contributed by atoms with Gasteiger partial charge >= 0.3 is 0 Å². The SMILES string of the molecule is [C-]#[N+]C(C)c1cc(Cl)c2c(c1)OCO2. The Balaban J connectivity index is 2.48. The molecule has 0 saturated carbocycles. The van der Waals surface area contributed by atoms with E-state index in [0.717, 1.165) is 5.56 Å². The Labute approximate surface area is 87.0 Å². The molecule has 1 aromatic carbocycles. The first-order chi connectivity index (χ1) is 6.72. The molecule has 72 valence electrons. The Hall–Kier alpha value is -1.40. The van der Waals surface area contributed by atoms with Gasteiger partial charge in [-0.05, 0) is 12.1 Å². The lowest BCUT2D eigenvalue weighted by molar-refractivity contribution is 0.174. The molecule has 0 amide bonds. The van der Waals surface area contributed by atoms with Crippen LogP contribution >= 0.6 is 11.6 Å². The average molecular weight is 210 g/mol. The monoisotopic (exact) mass is 209 g/mol. The highest BCUT2D eigenvalue weighted by Gasteiger charge is 2.21. The van der Waals surface area contributed by atoms with Gasteiger partial charge in [-0.25, -0.2) is 6.57 Å². The van der Waals surface area contributed by atoms with Gasteiger partial charge in [0.1, 0.15) is 0 Å². The maximum absolute atomic E-state index is 6.92. The first-order valence-corrected chi connectivity index (χ1v) is 4.56. The van der Waals surface area contributed by atoms with Crippen molar-refractivity contribution in [3.8, 4) is 11.5 Å². The Morgan fingerprint density at radius 2 is 2.29 bits per heavy atom. The minimum absolute atomic E-state index is 0.199. The van der Waals surface area contributed by atoms with E-state index >= 15 is 0 Å². The summed E-state index contributed by atoms with van der Waals surface area (Å²) in [4.78, 5) is 3.42. The molecule has 2 rings (SSSR count). The fraction of sp³-hybridized carbons (Fsp3) is 0.300. The van der Waals surface area contributed by atoms with Crippen LogP contribution in [0.1, 0.15) is 18.5 Å². The third-order valence-electron chi connectivity index (χ3n) is 2.13. The first kappa shape index (κ1) is 9.17. The predicted octanol–water partition coefficient (Wildman–Crippen LogP) is 3.05.